The number of halogens is 1. The van der Waals surface area contributed by atoms with Crippen molar-refractivity contribution in [2.75, 3.05) is 13.1 Å². The van der Waals surface area contributed by atoms with Crippen LogP contribution >= 0.6 is 12.4 Å². The molecule has 7 nitrogen and oxygen atoms in total. The molecule has 138 valence electrons. The van der Waals surface area contributed by atoms with Crippen LogP contribution in [0.4, 0.5) is 0 Å². The summed E-state index contributed by atoms with van der Waals surface area (Å²) >= 11 is 0. The van der Waals surface area contributed by atoms with E-state index >= 15 is 0 Å². The molecule has 9 heteroatoms. The van der Waals surface area contributed by atoms with Gasteiger partial charge in [0.2, 0.25) is 10.0 Å². The van der Waals surface area contributed by atoms with Gasteiger partial charge in [-0.1, -0.05) is 19.9 Å². The Morgan fingerprint density at radius 3 is 2.64 bits per heavy atom. The van der Waals surface area contributed by atoms with Crippen molar-refractivity contribution in [3.05, 3.63) is 36.3 Å². The summed E-state index contributed by atoms with van der Waals surface area (Å²) in [6.07, 6.45) is 3.71. The normalized spacial score (nSPS) is 20.9. The first-order valence-corrected chi connectivity index (χ1v) is 9.39. The average Bonchev–Trinajstić information content (AvgIpc) is 2.93. The number of piperidine rings is 1. The van der Waals surface area contributed by atoms with Crippen LogP contribution in [0.2, 0.25) is 0 Å². The van der Waals surface area contributed by atoms with Crippen molar-refractivity contribution in [3.63, 3.8) is 0 Å². The molecule has 2 N–H and O–H groups in total. The predicted octanol–water partition coefficient (Wildman–Crippen LogP) is 1.75. The number of hydrogen-bond donors (Lipinski definition) is 1. The molecule has 1 aliphatic rings. The maximum atomic E-state index is 13.1. The summed E-state index contributed by atoms with van der Waals surface area (Å²) in [6.45, 7) is 6.59. The highest BCUT2D eigenvalue weighted by molar-refractivity contribution is 7.89. The van der Waals surface area contributed by atoms with E-state index < -0.39 is 10.0 Å². The second-order valence-electron chi connectivity index (χ2n) is 6.92. The molecule has 1 saturated heterocycles. The third-order valence-electron chi connectivity index (χ3n) is 4.73. The highest BCUT2D eigenvalue weighted by atomic mass is 35.5. The molecule has 0 radical (unpaired) electrons. The van der Waals surface area contributed by atoms with Crippen LogP contribution in [0.25, 0.3) is 5.82 Å². The summed E-state index contributed by atoms with van der Waals surface area (Å²) in [7, 11) is -3.61. The monoisotopic (exact) mass is 385 g/mol. The minimum atomic E-state index is -3.61. The smallest absolute Gasteiger partial charge is 0.246 e. The molecule has 0 aliphatic carbocycles. The SMILES string of the molecule is Cc1c(S(=O)(=O)N2CCC(N)C(C)(C)C2)cnn1-c1ccccn1.Cl. The number of nitrogens with two attached hydrogens (primary N) is 1. The number of aromatic nitrogens is 3. The van der Waals surface area contributed by atoms with Crippen LogP contribution in [-0.4, -0.2) is 46.6 Å². The Balaban J connectivity index is 0.00000225. The van der Waals surface area contributed by atoms with E-state index in [-0.39, 0.29) is 28.8 Å². The minimum Gasteiger partial charge on any atom is -0.327 e. The molecule has 0 bridgehead atoms. The summed E-state index contributed by atoms with van der Waals surface area (Å²) in [4.78, 5) is 4.45. The summed E-state index contributed by atoms with van der Waals surface area (Å²) in [5.74, 6) is 0.595. The molecule has 3 heterocycles. The highest BCUT2D eigenvalue weighted by Gasteiger charge is 2.39. The van der Waals surface area contributed by atoms with Crippen molar-refractivity contribution >= 4 is 22.4 Å². The van der Waals surface area contributed by atoms with E-state index in [1.165, 1.54) is 10.5 Å². The molecule has 1 unspecified atom stereocenters. The van der Waals surface area contributed by atoms with Gasteiger partial charge in [0.25, 0.3) is 0 Å². The van der Waals surface area contributed by atoms with Gasteiger partial charge in [-0.2, -0.15) is 9.40 Å². The standard InChI is InChI=1S/C16H23N5O2S.ClH/c1-12-13(10-19-21(12)15-6-4-5-8-18-15)24(22,23)20-9-7-14(17)16(2,3)11-20;/h4-6,8,10,14H,7,9,11,17H2,1-3H3;1H. The predicted molar refractivity (Wildman–Crippen MR) is 98.5 cm³/mol. The molecule has 0 amide bonds. The molecule has 25 heavy (non-hydrogen) atoms. The van der Waals surface area contributed by atoms with Gasteiger partial charge < -0.3 is 5.73 Å². The molecule has 0 spiro atoms. The van der Waals surface area contributed by atoms with E-state index in [2.05, 4.69) is 10.1 Å². The molecule has 1 fully saturated rings. The Morgan fingerprint density at radius 2 is 2.04 bits per heavy atom. The zero-order chi connectivity index (χ0) is 17.5. The van der Waals surface area contributed by atoms with Crippen LogP contribution in [0.3, 0.4) is 0 Å². The summed E-state index contributed by atoms with van der Waals surface area (Å²) in [5, 5.41) is 4.22. The van der Waals surface area contributed by atoms with Gasteiger partial charge in [0, 0.05) is 25.3 Å². The van der Waals surface area contributed by atoms with E-state index in [1.54, 1.807) is 29.9 Å². The molecule has 1 aliphatic heterocycles. The molecular formula is C16H24ClN5O2S. The van der Waals surface area contributed by atoms with Gasteiger partial charge in [0.05, 0.1) is 11.9 Å². The molecule has 2 aromatic heterocycles. The van der Waals surface area contributed by atoms with Gasteiger partial charge in [0.15, 0.2) is 5.82 Å². The van der Waals surface area contributed by atoms with Crippen LogP contribution in [-0.2, 0) is 10.0 Å². The second kappa shape index (κ2) is 7.03. The zero-order valence-electron chi connectivity index (χ0n) is 14.6. The van der Waals surface area contributed by atoms with E-state index in [4.69, 9.17) is 5.73 Å². The zero-order valence-corrected chi connectivity index (χ0v) is 16.2. The number of rotatable bonds is 3. The average molecular weight is 386 g/mol. The highest BCUT2D eigenvalue weighted by Crippen LogP contribution is 2.32. The van der Waals surface area contributed by atoms with Gasteiger partial charge in [-0.3, -0.25) is 0 Å². The summed E-state index contributed by atoms with van der Waals surface area (Å²) < 4.78 is 29.2. The molecule has 3 rings (SSSR count). The van der Waals surface area contributed by atoms with Gasteiger partial charge in [-0.15, -0.1) is 12.4 Å². The molecule has 1 atom stereocenters. The first-order valence-electron chi connectivity index (χ1n) is 7.95. The Bertz CT molecular complexity index is 835. The van der Waals surface area contributed by atoms with Gasteiger partial charge in [-0.05, 0) is 30.9 Å². The van der Waals surface area contributed by atoms with Gasteiger partial charge >= 0.3 is 0 Å². The number of hydrogen-bond acceptors (Lipinski definition) is 5. The van der Waals surface area contributed by atoms with Crippen LogP contribution in [0, 0.1) is 12.3 Å². The summed E-state index contributed by atoms with van der Waals surface area (Å²) in [6, 6.07) is 5.44. The van der Waals surface area contributed by atoms with Crippen molar-refractivity contribution in [2.45, 2.75) is 38.1 Å². The Hall–Kier alpha value is -1.48. The lowest BCUT2D eigenvalue weighted by Crippen LogP contribution is -2.53. The topological polar surface area (TPSA) is 94.1 Å². The lowest BCUT2D eigenvalue weighted by atomic mass is 9.81. The minimum absolute atomic E-state index is 0. The van der Waals surface area contributed by atoms with E-state index in [9.17, 15) is 8.42 Å². The van der Waals surface area contributed by atoms with Gasteiger partial charge in [0.1, 0.15) is 4.90 Å². The van der Waals surface area contributed by atoms with Crippen LogP contribution in [0.15, 0.2) is 35.5 Å². The third-order valence-corrected chi connectivity index (χ3v) is 6.67. The van der Waals surface area contributed by atoms with E-state index in [1.807, 2.05) is 19.9 Å². The fraction of sp³-hybridized carbons (Fsp3) is 0.500. The number of pyridine rings is 1. The van der Waals surface area contributed by atoms with E-state index in [0.717, 1.165) is 0 Å². The lowest BCUT2D eigenvalue weighted by molar-refractivity contribution is 0.155. The quantitative estimate of drug-likeness (QED) is 0.868. The summed E-state index contributed by atoms with van der Waals surface area (Å²) in [5.41, 5.74) is 6.42. The van der Waals surface area contributed by atoms with Crippen molar-refractivity contribution in [3.8, 4) is 5.82 Å². The third kappa shape index (κ3) is 3.57. The molecule has 0 aromatic carbocycles. The number of sulfonamides is 1. The van der Waals surface area contributed by atoms with Crippen molar-refractivity contribution in [1.29, 1.82) is 0 Å². The molecule has 0 saturated carbocycles. The second-order valence-corrected chi connectivity index (χ2v) is 8.82. The first kappa shape index (κ1) is 19.8. The lowest BCUT2D eigenvalue weighted by Gasteiger charge is -2.41. The van der Waals surface area contributed by atoms with Crippen molar-refractivity contribution in [2.24, 2.45) is 11.1 Å². The van der Waals surface area contributed by atoms with Crippen LogP contribution in [0.1, 0.15) is 26.0 Å². The van der Waals surface area contributed by atoms with Crippen molar-refractivity contribution < 1.29 is 8.42 Å². The maximum Gasteiger partial charge on any atom is 0.246 e. The molecular weight excluding hydrogens is 362 g/mol. The Labute approximate surface area is 154 Å². The fourth-order valence-corrected chi connectivity index (χ4v) is 4.79. The Morgan fingerprint density at radius 1 is 1.32 bits per heavy atom. The maximum absolute atomic E-state index is 13.1. The molecule has 2 aromatic rings. The van der Waals surface area contributed by atoms with Gasteiger partial charge in [-0.25, -0.2) is 18.1 Å². The van der Waals surface area contributed by atoms with Crippen LogP contribution in [0.5, 0.6) is 0 Å². The van der Waals surface area contributed by atoms with Crippen LogP contribution < -0.4 is 5.73 Å². The van der Waals surface area contributed by atoms with Crippen molar-refractivity contribution in [1.82, 2.24) is 19.1 Å². The Kier molecular flexibility index (Phi) is 5.58. The first-order chi connectivity index (χ1) is 11.2. The van der Waals surface area contributed by atoms with E-state index in [0.29, 0.717) is 31.0 Å². The fourth-order valence-electron chi connectivity index (χ4n) is 3.03. The largest absolute Gasteiger partial charge is 0.327 e. The number of nitrogens with zero attached hydrogens (tertiary/aromatic N) is 4.